The second-order valence-corrected chi connectivity index (χ2v) is 12.7. The van der Waals surface area contributed by atoms with E-state index in [1.165, 1.54) is 0 Å². The maximum absolute atomic E-state index is 13.1. The summed E-state index contributed by atoms with van der Waals surface area (Å²) < 4.78 is 0. The van der Waals surface area contributed by atoms with Crippen molar-refractivity contribution in [3.8, 4) is 0 Å². The Balaban J connectivity index is 0.989. The molecule has 3 fully saturated rings. The predicted octanol–water partition coefficient (Wildman–Crippen LogP) is 1.22. The van der Waals surface area contributed by atoms with Crippen LogP contribution in [0.25, 0.3) is 0 Å². The number of rotatable bonds is 8. The van der Waals surface area contributed by atoms with Crippen LogP contribution in [-0.2, 0) is 19.3 Å². The molecule has 0 spiro atoms. The van der Waals surface area contributed by atoms with Gasteiger partial charge in [-0.15, -0.1) is 10.1 Å². The van der Waals surface area contributed by atoms with E-state index in [2.05, 4.69) is 9.98 Å². The number of aliphatic imine (C=N–C) groups is 2. The number of amides is 2. The largest absolute Gasteiger partial charge is 0.370 e. The Labute approximate surface area is 290 Å². The number of nitrogens with zero attached hydrogens (tertiary/aromatic N) is 6. The van der Waals surface area contributed by atoms with Crippen LogP contribution in [-0.4, -0.2) is 108 Å². The molecule has 2 aromatic carbocycles. The third-order valence-corrected chi connectivity index (χ3v) is 9.11. The zero-order valence-electron chi connectivity index (χ0n) is 28.1. The molecule has 1 saturated carbocycles. The van der Waals surface area contributed by atoms with Crippen LogP contribution in [0.3, 0.4) is 0 Å². The van der Waals surface area contributed by atoms with Crippen molar-refractivity contribution in [2.45, 2.75) is 38.5 Å². The third-order valence-electron chi connectivity index (χ3n) is 9.11. The van der Waals surface area contributed by atoms with Crippen molar-refractivity contribution < 1.29 is 28.9 Å². The Morgan fingerprint density at radius 2 is 0.840 bits per heavy atom. The van der Waals surface area contributed by atoms with E-state index in [-0.39, 0.29) is 47.5 Å². The van der Waals surface area contributed by atoms with Gasteiger partial charge in [-0.2, -0.15) is 0 Å². The molecule has 2 amide bonds. The molecule has 1 aliphatic carbocycles. The number of hydrogen-bond donors (Lipinski definition) is 4. The molecule has 8 N–H and O–H groups in total. The topological polar surface area (TPSA) is 228 Å². The summed E-state index contributed by atoms with van der Waals surface area (Å²) in [6, 6.07) is 13.4. The van der Waals surface area contributed by atoms with Crippen molar-refractivity contribution >= 4 is 47.0 Å². The SMILES string of the molecule is NC(N)=Nc1ccc(C(=O)N2CCN(OC(=O)C3CCCC(C(=O)ON4CCN(C(=O)c5ccc(N=C(N)N)cc5)CC4)CCC3)CC2)cc1. The highest BCUT2D eigenvalue weighted by atomic mass is 16.7. The van der Waals surface area contributed by atoms with Gasteiger partial charge in [0.25, 0.3) is 11.8 Å². The molecule has 0 aromatic heterocycles. The summed E-state index contributed by atoms with van der Waals surface area (Å²) in [4.78, 5) is 74.9. The van der Waals surface area contributed by atoms with Crippen molar-refractivity contribution in [3.63, 3.8) is 0 Å². The molecule has 16 heteroatoms. The second kappa shape index (κ2) is 16.9. The van der Waals surface area contributed by atoms with Crippen LogP contribution in [0.4, 0.5) is 11.4 Å². The molecule has 268 valence electrons. The molecule has 0 radical (unpaired) electrons. The smallest absolute Gasteiger partial charge is 0.328 e. The fourth-order valence-electron chi connectivity index (χ4n) is 6.37. The van der Waals surface area contributed by atoms with Gasteiger partial charge in [0.1, 0.15) is 0 Å². The molecule has 0 bridgehead atoms. The monoisotopic (exact) mass is 690 g/mol. The first-order valence-corrected chi connectivity index (χ1v) is 17.0. The maximum atomic E-state index is 13.1. The number of nitrogens with two attached hydrogens (primary N) is 4. The molecule has 0 atom stereocenters. The summed E-state index contributed by atoms with van der Waals surface area (Å²) >= 11 is 0. The van der Waals surface area contributed by atoms with Gasteiger partial charge in [-0.05, 0) is 74.2 Å². The van der Waals surface area contributed by atoms with E-state index in [0.717, 1.165) is 0 Å². The summed E-state index contributed by atoms with van der Waals surface area (Å²) in [5, 5.41) is 3.26. The van der Waals surface area contributed by atoms with Gasteiger partial charge < -0.3 is 42.4 Å². The van der Waals surface area contributed by atoms with E-state index in [1.54, 1.807) is 68.5 Å². The van der Waals surface area contributed by atoms with E-state index in [0.29, 0.717) is 113 Å². The first kappa shape index (κ1) is 36.1. The van der Waals surface area contributed by atoms with Crippen LogP contribution in [0.5, 0.6) is 0 Å². The Morgan fingerprint density at radius 1 is 0.520 bits per heavy atom. The van der Waals surface area contributed by atoms with Crippen molar-refractivity contribution in [1.29, 1.82) is 0 Å². The van der Waals surface area contributed by atoms with Gasteiger partial charge in [0.15, 0.2) is 11.9 Å². The Morgan fingerprint density at radius 3 is 1.14 bits per heavy atom. The Hall–Kier alpha value is -5.22. The lowest BCUT2D eigenvalue weighted by Gasteiger charge is -2.34. The molecule has 2 aliphatic heterocycles. The highest BCUT2D eigenvalue weighted by Crippen LogP contribution is 2.29. The normalized spacial score (nSPS) is 20.5. The average molecular weight is 691 g/mol. The molecule has 50 heavy (non-hydrogen) atoms. The molecule has 3 aliphatic rings. The predicted molar refractivity (Wildman–Crippen MR) is 186 cm³/mol. The maximum Gasteiger partial charge on any atom is 0.328 e. The van der Waals surface area contributed by atoms with E-state index >= 15 is 0 Å². The zero-order chi connectivity index (χ0) is 35.6. The number of hydroxylamine groups is 4. The van der Waals surface area contributed by atoms with E-state index < -0.39 is 0 Å². The number of hydrogen-bond acceptors (Lipinski definition) is 10. The van der Waals surface area contributed by atoms with E-state index in [4.69, 9.17) is 32.6 Å². The van der Waals surface area contributed by atoms with Crippen molar-refractivity contribution in [3.05, 3.63) is 59.7 Å². The number of carbonyl (C=O) groups is 4. The van der Waals surface area contributed by atoms with Crippen molar-refractivity contribution in [2.75, 3.05) is 52.4 Å². The van der Waals surface area contributed by atoms with Gasteiger partial charge >= 0.3 is 11.9 Å². The number of piperazine rings is 2. The van der Waals surface area contributed by atoms with Crippen LogP contribution in [0.15, 0.2) is 58.5 Å². The molecule has 2 aromatic rings. The van der Waals surface area contributed by atoms with Gasteiger partial charge in [0.05, 0.1) is 49.4 Å². The van der Waals surface area contributed by atoms with Crippen LogP contribution < -0.4 is 22.9 Å². The fourth-order valence-corrected chi connectivity index (χ4v) is 6.37. The first-order valence-electron chi connectivity index (χ1n) is 17.0. The lowest BCUT2D eigenvalue weighted by molar-refractivity contribution is -0.203. The van der Waals surface area contributed by atoms with Crippen LogP contribution in [0.1, 0.15) is 59.2 Å². The van der Waals surface area contributed by atoms with Crippen LogP contribution >= 0.6 is 0 Å². The molecular weight excluding hydrogens is 644 g/mol. The Bertz CT molecular complexity index is 1430. The minimum atomic E-state index is -0.266. The van der Waals surface area contributed by atoms with Crippen molar-refractivity contribution in [1.82, 2.24) is 19.9 Å². The lowest BCUT2D eigenvalue weighted by Crippen LogP contribution is -2.49. The summed E-state index contributed by atoms with van der Waals surface area (Å²) in [6.45, 7) is 3.38. The lowest BCUT2D eigenvalue weighted by atomic mass is 9.86. The summed E-state index contributed by atoms with van der Waals surface area (Å²) in [6.07, 6.45) is 3.92. The molecular formula is C34H46N10O6. The third kappa shape index (κ3) is 9.92. The minimum absolute atomic E-state index is 0.0524. The van der Waals surface area contributed by atoms with E-state index in [9.17, 15) is 19.2 Å². The van der Waals surface area contributed by atoms with Gasteiger partial charge in [-0.1, -0.05) is 12.8 Å². The molecule has 0 unspecified atom stereocenters. The van der Waals surface area contributed by atoms with Crippen LogP contribution in [0, 0.1) is 11.8 Å². The molecule has 16 nitrogen and oxygen atoms in total. The number of benzene rings is 2. The highest BCUT2D eigenvalue weighted by molar-refractivity contribution is 5.95. The van der Waals surface area contributed by atoms with Gasteiger partial charge in [-0.25, -0.2) is 9.98 Å². The number of carbonyl (C=O) groups excluding carboxylic acids is 4. The minimum Gasteiger partial charge on any atom is -0.370 e. The zero-order valence-corrected chi connectivity index (χ0v) is 28.1. The Kier molecular flexibility index (Phi) is 12.2. The van der Waals surface area contributed by atoms with Crippen LogP contribution in [0.2, 0.25) is 0 Å². The van der Waals surface area contributed by atoms with E-state index in [1.807, 2.05) is 0 Å². The summed E-state index contributed by atoms with van der Waals surface area (Å²) in [7, 11) is 0. The summed E-state index contributed by atoms with van der Waals surface area (Å²) in [5.74, 6) is -1.35. The highest BCUT2D eigenvalue weighted by Gasteiger charge is 2.32. The quantitative estimate of drug-likeness (QED) is 0.226. The van der Waals surface area contributed by atoms with Gasteiger partial charge in [0, 0.05) is 37.3 Å². The fraction of sp³-hybridized carbons (Fsp3) is 0.471. The number of guanidine groups is 2. The molecule has 5 rings (SSSR count). The standard InChI is InChI=1S/C34H46N10O6/c35-33(36)39-27-11-7-23(8-12-27)29(45)41-15-19-43(20-16-41)49-31(47)25-3-1-4-26(6-2-5-25)32(48)50-44-21-17-42(18-22-44)30(46)24-9-13-28(14-10-24)40-34(37)38/h7-14,25-26H,1-6,15-22H2,(H4,35,36,39)(H4,37,38,40). The second-order valence-electron chi connectivity index (χ2n) is 12.7. The summed E-state index contributed by atoms with van der Waals surface area (Å²) in [5.41, 5.74) is 23.8. The average Bonchev–Trinajstić information content (AvgIpc) is 3.08. The van der Waals surface area contributed by atoms with Gasteiger partial charge in [0.2, 0.25) is 0 Å². The van der Waals surface area contributed by atoms with Crippen molar-refractivity contribution in [2.24, 2.45) is 44.8 Å². The van der Waals surface area contributed by atoms with Gasteiger partial charge in [-0.3, -0.25) is 19.2 Å². The first-order chi connectivity index (χ1) is 24.0. The molecule has 2 heterocycles. The molecule has 2 saturated heterocycles.